The lowest BCUT2D eigenvalue weighted by atomic mass is 9.91. The van der Waals surface area contributed by atoms with Crippen molar-refractivity contribution in [1.82, 2.24) is 29.6 Å². The molecule has 1 aliphatic rings. The highest BCUT2D eigenvalue weighted by molar-refractivity contribution is 5.94. The number of likely N-dealkylation sites (tertiary alicyclic amines) is 1. The van der Waals surface area contributed by atoms with Gasteiger partial charge in [-0.1, -0.05) is 5.16 Å². The number of hydrogen-bond donors (Lipinski definition) is 0. The zero-order chi connectivity index (χ0) is 20.7. The van der Waals surface area contributed by atoms with Gasteiger partial charge in [0.2, 0.25) is 0 Å². The largest absolute Gasteiger partial charge is 0.356 e. The van der Waals surface area contributed by atoms with Gasteiger partial charge in [0, 0.05) is 49.7 Å². The van der Waals surface area contributed by atoms with E-state index < -0.39 is 0 Å². The predicted molar refractivity (Wildman–Crippen MR) is 110 cm³/mol. The maximum Gasteiger partial charge on any atom is 0.255 e. The molecule has 4 aromatic rings. The van der Waals surface area contributed by atoms with Crippen LogP contribution in [0.4, 0.5) is 0 Å². The summed E-state index contributed by atoms with van der Waals surface area (Å²) >= 11 is 0. The van der Waals surface area contributed by atoms with Crippen molar-refractivity contribution in [3.8, 4) is 11.3 Å². The van der Waals surface area contributed by atoms with Crippen molar-refractivity contribution in [3.63, 3.8) is 0 Å². The third-order valence-electron chi connectivity index (χ3n) is 5.54. The molecule has 1 fully saturated rings. The van der Waals surface area contributed by atoms with Crippen molar-refractivity contribution in [2.24, 2.45) is 0 Å². The van der Waals surface area contributed by atoms with Crippen LogP contribution in [0, 0.1) is 13.8 Å². The van der Waals surface area contributed by atoms with Crippen molar-refractivity contribution < 1.29 is 9.32 Å². The van der Waals surface area contributed by atoms with Crippen LogP contribution in [-0.4, -0.2) is 48.6 Å². The minimum absolute atomic E-state index is 0.00630. The van der Waals surface area contributed by atoms with E-state index in [-0.39, 0.29) is 11.8 Å². The molecule has 0 radical (unpaired) electrons. The van der Waals surface area contributed by atoms with E-state index in [0.717, 1.165) is 47.7 Å². The van der Waals surface area contributed by atoms with Gasteiger partial charge in [-0.05, 0) is 38.8 Å². The molecule has 0 spiro atoms. The zero-order valence-electron chi connectivity index (χ0n) is 16.9. The van der Waals surface area contributed by atoms with Crippen LogP contribution < -0.4 is 0 Å². The number of rotatable bonds is 3. The SMILES string of the molecule is Cc1cc(-c2cnc3cc(C)nn3c2C2CCCN(C(=O)c3cccnc3)C2)on1. The number of carbonyl (C=O) groups excluding carboxylic acids is 1. The molecule has 8 heteroatoms. The molecule has 30 heavy (non-hydrogen) atoms. The highest BCUT2D eigenvalue weighted by Crippen LogP contribution is 2.35. The number of carbonyl (C=O) groups is 1. The quantitative estimate of drug-likeness (QED) is 0.522. The Morgan fingerprint density at radius 1 is 1.20 bits per heavy atom. The lowest BCUT2D eigenvalue weighted by Gasteiger charge is -2.33. The molecule has 0 aliphatic carbocycles. The molecular weight excluding hydrogens is 380 g/mol. The van der Waals surface area contributed by atoms with Gasteiger partial charge < -0.3 is 9.42 Å². The molecule has 1 amide bonds. The maximum absolute atomic E-state index is 13.0. The number of hydrogen-bond acceptors (Lipinski definition) is 6. The first-order valence-electron chi connectivity index (χ1n) is 10.1. The molecular formula is C22H22N6O2. The van der Waals surface area contributed by atoms with Crippen LogP contribution in [0.15, 0.2) is 47.4 Å². The van der Waals surface area contributed by atoms with Crippen LogP contribution in [0.3, 0.4) is 0 Å². The van der Waals surface area contributed by atoms with E-state index in [1.54, 1.807) is 18.5 Å². The van der Waals surface area contributed by atoms with Crippen LogP contribution in [0.1, 0.15) is 46.2 Å². The van der Waals surface area contributed by atoms with E-state index in [2.05, 4.69) is 20.2 Å². The first-order chi connectivity index (χ1) is 14.6. The number of nitrogens with zero attached hydrogens (tertiary/aromatic N) is 6. The predicted octanol–water partition coefficient (Wildman–Crippen LogP) is 3.42. The number of fused-ring (bicyclic) bond motifs is 1. The van der Waals surface area contributed by atoms with Gasteiger partial charge in [-0.25, -0.2) is 9.50 Å². The fourth-order valence-corrected chi connectivity index (χ4v) is 4.20. The van der Waals surface area contributed by atoms with Crippen LogP contribution in [0.2, 0.25) is 0 Å². The standard InChI is InChI=1S/C22H22N6O2/c1-14-10-20-24-12-18(19-9-15(2)26-30-19)21(28(20)25-14)17-6-4-8-27(13-17)22(29)16-5-3-7-23-11-16/h3,5,7,9-12,17H,4,6,8,13H2,1-2H3. The van der Waals surface area contributed by atoms with E-state index in [9.17, 15) is 4.79 Å². The fraction of sp³-hybridized carbons (Fsp3) is 0.318. The van der Waals surface area contributed by atoms with Crippen molar-refractivity contribution in [3.05, 3.63) is 65.5 Å². The number of piperidine rings is 1. The summed E-state index contributed by atoms with van der Waals surface area (Å²) in [5.74, 6) is 0.775. The first kappa shape index (κ1) is 18.5. The van der Waals surface area contributed by atoms with Crippen LogP contribution in [0.5, 0.6) is 0 Å². The summed E-state index contributed by atoms with van der Waals surface area (Å²) in [5.41, 5.74) is 4.98. The van der Waals surface area contributed by atoms with Gasteiger partial charge in [0.1, 0.15) is 0 Å². The van der Waals surface area contributed by atoms with E-state index in [0.29, 0.717) is 17.9 Å². The van der Waals surface area contributed by atoms with E-state index >= 15 is 0 Å². The van der Waals surface area contributed by atoms with Crippen molar-refractivity contribution in [2.75, 3.05) is 13.1 Å². The molecule has 1 unspecified atom stereocenters. The lowest BCUT2D eigenvalue weighted by Crippen LogP contribution is -2.39. The van der Waals surface area contributed by atoms with Gasteiger partial charge in [0.25, 0.3) is 5.91 Å². The van der Waals surface area contributed by atoms with Gasteiger partial charge in [-0.15, -0.1) is 0 Å². The van der Waals surface area contributed by atoms with Crippen molar-refractivity contribution in [2.45, 2.75) is 32.6 Å². The normalized spacial score (nSPS) is 16.9. The summed E-state index contributed by atoms with van der Waals surface area (Å²) in [6.45, 7) is 5.18. The molecule has 0 bridgehead atoms. The number of aryl methyl sites for hydroxylation is 2. The molecule has 1 atom stereocenters. The summed E-state index contributed by atoms with van der Waals surface area (Å²) in [4.78, 5) is 23.6. The molecule has 8 nitrogen and oxygen atoms in total. The molecule has 1 aliphatic heterocycles. The Morgan fingerprint density at radius 2 is 2.10 bits per heavy atom. The van der Waals surface area contributed by atoms with Crippen LogP contribution >= 0.6 is 0 Å². The van der Waals surface area contributed by atoms with Crippen molar-refractivity contribution >= 4 is 11.6 Å². The minimum Gasteiger partial charge on any atom is -0.356 e. The summed E-state index contributed by atoms with van der Waals surface area (Å²) in [5, 5.41) is 8.73. The summed E-state index contributed by atoms with van der Waals surface area (Å²) < 4.78 is 7.46. The lowest BCUT2D eigenvalue weighted by molar-refractivity contribution is 0.0705. The Labute approximate surface area is 173 Å². The third-order valence-corrected chi connectivity index (χ3v) is 5.54. The molecule has 1 saturated heterocycles. The van der Waals surface area contributed by atoms with Gasteiger partial charge in [-0.2, -0.15) is 5.10 Å². The summed E-state index contributed by atoms with van der Waals surface area (Å²) in [7, 11) is 0. The Bertz CT molecular complexity index is 1210. The van der Waals surface area contributed by atoms with Gasteiger partial charge >= 0.3 is 0 Å². The highest BCUT2D eigenvalue weighted by atomic mass is 16.5. The highest BCUT2D eigenvalue weighted by Gasteiger charge is 2.30. The Balaban J connectivity index is 1.57. The van der Waals surface area contributed by atoms with E-state index in [1.807, 2.05) is 47.7 Å². The molecule has 4 aromatic heterocycles. The average Bonchev–Trinajstić information content (AvgIpc) is 3.37. The van der Waals surface area contributed by atoms with Crippen LogP contribution in [0.25, 0.3) is 17.0 Å². The Hall–Kier alpha value is -3.55. The summed E-state index contributed by atoms with van der Waals surface area (Å²) in [6, 6.07) is 7.46. The minimum atomic E-state index is 0.00630. The molecule has 5 rings (SSSR count). The monoisotopic (exact) mass is 402 g/mol. The van der Waals surface area contributed by atoms with Gasteiger partial charge in [0.15, 0.2) is 11.4 Å². The topological polar surface area (TPSA) is 89.4 Å². The number of aromatic nitrogens is 5. The molecule has 0 saturated carbocycles. The second-order valence-corrected chi connectivity index (χ2v) is 7.78. The van der Waals surface area contributed by atoms with E-state index in [1.165, 1.54) is 0 Å². The maximum atomic E-state index is 13.0. The van der Waals surface area contributed by atoms with Crippen molar-refractivity contribution in [1.29, 1.82) is 0 Å². The molecule has 0 aromatic carbocycles. The fourth-order valence-electron chi connectivity index (χ4n) is 4.20. The smallest absolute Gasteiger partial charge is 0.255 e. The molecule has 5 heterocycles. The second-order valence-electron chi connectivity index (χ2n) is 7.78. The molecule has 0 N–H and O–H groups in total. The second kappa shape index (κ2) is 7.37. The number of pyridine rings is 1. The molecule has 152 valence electrons. The Kier molecular flexibility index (Phi) is 4.54. The third kappa shape index (κ3) is 3.24. The zero-order valence-corrected chi connectivity index (χ0v) is 16.9. The van der Waals surface area contributed by atoms with Gasteiger partial charge in [-0.3, -0.25) is 9.78 Å². The Morgan fingerprint density at radius 3 is 2.87 bits per heavy atom. The average molecular weight is 402 g/mol. The first-order valence-corrected chi connectivity index (χ1v) is 10.1. The number of amides is 1. The van der Waals surface area contributed by atoms with Gasteiger partial charge in [0.05, 0.1) is 28.2 Å². The van der Waals surface area contributed by atoms with Crippen LogP contribution in [-0.2, 0) is 0 Å². The summed E-state index contributed by atoms with van der Waals surface area (Å²) in [6.07, 6.45) is 6.99. The van der Waals surface area contributed by atoms with E-state index in [4.69, 9.17) is 4.52 Å².